The quantitative estimate of drug-likeness (QED) is 0.270. The molecule has 23 heavy (non-hydrogen) atoms. The Kier molecular flexibility index (Phi) is 12.7. The van der Waals surface area contributed by atoms with Gasteiger partial charge in [-0.3, -0.25) is 4.99 Å². The number of hydrogen-bond donors (Lipinski definition) is 2. The largest absolute Gasteiger partial charge is 0.385 e. The van der Waals surface area contributed by atoms with Gasteiger partial charge in [-0.2, -0.15) is 0 Å². The molecule has 0 saturated heterocycles. The molecule has 0 spiro atoms. The summed E-state index contributed by atoms with van der Waals surface area (Å²) in [4.78, 5) is 10.9. The number of pyridine rings is 1. The topological polar surface area (TPSA) is 61.8 Å². The van der Waals surface area contributed by atoms with Gasteiger partial charge in [0.15, 0.2) is 5.96 Å². The summed E-state index contributed by atoms with van der Waals surface area (Å²) in [5.41, 5.74) is 1.13. The van der Waals surface area contributed by atoms with Gasteiger partial charge in [-0.15, -0.1) is 24.0 Å². The summed E-state index contributed by atoms with van der Waals surface area (Å²) in [6.07, 6.45) is 2.87. The number of nitrogens with one attached hydrogen (secondary N) is 2. The van der Waals surface area contributed by atoms with E-state index in [1.165, 1.54) is 0 Å². The molecule has 0 unspecified atom stereocenters. The van der Waals surface area contributed by atoms with E-state index in [0.717, 1.165) is 50.0 Å². The monoisotopic (exact) mass is 435 g/mol. The van der Waals surface area contributed by atoms with Gasteiger partial charge in [0, 0.05) is 53.1 Å². The van der Waals surface area contributed by atoms with Gasteiger partial charge in [-0.05, 0) is 31.9 Å². The number of methoxy groups -OCH3 is 1. The van der Waals surface area contributed by atoms with Crippen LogP contribution in [0.1, 0.15) is 25.8 Å². The van der Waals surface area contributed by atoms with E-state index < -0.39 is 0 Å². The maximum Gasteiger partial charge on any atom is 0.191 e. The average Bonchev–Trinajstić information content (AvgIpc) is 2.56. The number of guanidine groups is 1. The molecule has 7 heteroatoms. The molecule has 0 saturated carbocycles. The van der Waals surface area contributed by atoms with E-state index in [4.69, 9.17) is 4.74 Å². The van der Waals surface area contributed by atoms with Crippen molar-refractivity contribution in [2.24, 2.45) is 4.99 Å². The second-order valence-corrected chi connectivity index (χ2v) is 4.90. The maximum absolute atomic E-state index is 5.02. The van der Waals surface area contributed by atoms with Crippen LogP contribution < -0.4 is 15.5 Å². The first-order valence-electron chi connectivity index (χ1n) is 7.88. The van der Waals surface area contributed by atoms with Crippen LogP contribution in [0.4, 0.5) is 5.82 Å². The van der Waals surface area contributed by atoms with E-state index >= 15 is 0 Å². The first-order chi connectivity index (χ1) is 10.7. The van der Waals surface area contributed by atoms with Crippen LogP contribution in [-0.4, -0.2) is 51.3 Å². The van der Waals surface area contributed by atoms with E-state index in [-0.39, 0.29) is 24.0 Å². The molecular formula is C16H30IN5O. The van der Waals surface area contributed by atoms with Gasteiger partial charge in [-0.25, -0.2) is 4.98 Å². The highest BCUT2D eigenvalue weighted by Crippen LogP contribution is 2.10. The summed E-state index contributed by atoms with van der Waals surface area (Å²) < 4.78 is 5.02. The molecule has 0 aliphatic carbocycles. The number of aliphatic imine (C=N–C) groups is 1. The summed E-state index contributed by atoms with van der Waals surface area (Å²) in [5.74, 6) is 1.82. The molecule has 6 nitrogen and oxygen atoms in total. The average molecular weight is 435 g/mol. The Bertz CT molecular complexity index is 435. The third kappa shape index (κ3) is 8.36. The number of anilines is 1. The molecule has 2 N–H and O–H groups in total. The Labute approximate surface area is 157 Å². The molecule has 0 aliphatic rings. The van der Waals surface area contributed by atoms with Gasteiger partial charge >= 0.3 is 0 Å². The summed E-state index contributed by atoms with van der Waals surface area (Å²) in [7, 11) is 3.48. The van der Waals surface area contributed by atoms with E-state index in [9.17, 15) is 0 Å². The summed E-state index contributed by atoms with van der Waals surface area (Å²) >= 11 is 0. The van der Waals surface area contributed by atoms with Crippen molar-refractivity contribution in [3.63, 3.8) is 0 Å². The Hall–Kier alpha value is -1.09. The number of aromatic nitrogens is 1. The molecular weight excluding hydrogens is 405 g/mol. The molecule has 0 fully saturated rings. The van der Waals surface area contributed by atoms with Crippen molar-refractivity contribution in [1.82, 2.24) is 15.6 Å². The molecule has 0 bridgehead atoms. The maximum atomic E-state index is 5.02. The van der Waals surface area contributed by atoms with E-state index in [1.807, 2.05) is 6.20 Å². The van der Waals surface area contributed by atoms with Crippen LogP contribution in [0.5, 0.6) is 0 Å². The van der Waals surface area contributed by atoms with Crippen LogP contribution in [0.15, 0.2) is 23.3 Å². The minimum Gasteiger partial charge on any atom is -0.385 e. The first-order valence-corrected chi connectivity index (χ1v) is 7.88. The highest BCUT2D eigenvalue weighted by atomic mass is 127. The third-order valence-corrected chi connectivity index (χ3v) is 3.40. The normalized spacial score (nSPS) is 10.9. The van der Waals surface area contributed by atoms with E-state index in [1.54, 1.807) is 14.2 Å². The third-order valence-electron chi connectivity index (χ3n) is 3.40. The van der Waals surface area contributed by atoms with Crippen LogP contribution in [0.2, 0.25) is 0 Å². The van der Waals surface area contributed by atoms with Crippen molar-refractivity contribution in [2.45, 2.75) is 26.8 Å². The van der Waals surface area contributed by atoms with Gasteiger partial charge in [0.05, 0.1) is 0 Å². The molecule has 0 amide bonds. The highest BCUT2D eigenvalue weighted by Gasteiger charge is 2.03. The highest BCUT2D eigenvalue weighted by molar-refractivity contribution is 14.0. The van der Waals surface area contributed by atoms with Crippen LogP contribution in [-0.2, 0) is 11.3 Å². The zero-order valence-corrected chi connectivity index (χ0v) is 17.0. The van der Waals surface area contributed by atoms with Crippen molar-refractivity contribution in [2.75, 3.05) is 45.3 Å². The van der Waals surface area contributed by atoms with Gasteiger partial charge in [-0.1, -0.05) is 6.07 Å². The molecule has 1 rings (SSSR count). The van der Waals surface area contributed by atoms with Crippen LogP contribution >= 0.6 is 24.0 Å². The van der Waals surface area contributed by atoms with Crippen molar-refractivity contribution in [3.05, 3.63) is 23.9 Å². The number of nitrogens with zero attached hydrogens (tertiary/aromatic N) is 3. The summed E-state index contributed by atoms with van der Waals surface area (Å²) in [5, 5.41) is 6.54. The van der Waals surface area contributed by atoms with Crippen molar-refractivity contribution >= 4 is 35.8 Å². The number of rotatable bonds is 9. The molecule has 1 aromatic heterocycles. The lowest BCUT2D eigenvalue weighted by atomic mass is 10.2. The van der Waals surface area contributed by atoms with E-state index in [0.29, 0.717) is 6.54 Å². The smallest absolute Gasteiger partial charge is 0.191 e. The van der Waals surface area contributed by atoms with Crippen molar-refractivity contribution < 1.29 is 4.74 Å². The lowest BCUT2D eigenvalue weighted by Crippen LogP contribution is -2.37. The van der Waals surface area contributed by atoms with Crippen LogP contribution in [0.25, 0.3) is 0 Å². The lowest BCUT2D eigenvalue weighted by Gasteiger charge is -2.19. The molecule has 0 atom stereocenters. The Morgan fingerprint density at radius 3 is 2.52 bits per heavy atom. The Morgan fingerprint density at radius 1 is 1.26 bits per heavy atom. The van der Waals surface area contributed by atoms with Crippen LogP contribution in [0.3, 0.4) is 0 Å². The number of hydrogen-bond acceptors (Lipinski definition) is 4. The molecule has 1 heterocycles. The van der Waals surface area contributed by atoms with E-state index in [2.05, 4.69) is 51.5 Å². The first kappa shape index (κ1) is 21.9. The summed E-state index contributed by atoms with van der Waals surface area (Å²) in [6, 6.07) is 4.17. The van der Waals surface area contributed by atoms with Gasteiger partial charge < -0.3 is 20.3 Å². The fourth-order valence-electron chi connectivity index (χ4n) is 2.09. The SMILES string of the molecule is CCN(CC)c1ccc(CNC(=NC)NCCCOC)cn1.I. The standard InChI is InChI=1S/C16H29N5O.HI/c1-5-21(6-2)15-9-8-14(12-19-15)13-20-16(17-3)18-10-7-11-22-4;/h8-9,12H,5-7,10-11,13H2,1-4H3,(H2,17,18,20);1H. The molecule has 132 valence electrons. The minimum absolute atomic E-state index is 0. The molecule has 0 aromatic carbocycles. The number of halogens is 1. The lowest BCUT2D eigenvalue weighted by molar-refractivity contribution is 0.195. The predicted molar refractivity (Wildman–Crippen MR) is 108 cm³/mol. The number of ether oxygens (including phenoxy) is 1. The predicted octanol–water partition coefficient (Wildman–Crippen LogP) is 2.25. The minimum atomic E-state index is 0. The Morgan fingerprint density at radius 2 is 2.00 bits per heavy atom. The fraction of sp³-hybridized carbons (Fsp3) is 0.625. The molecule has 0 aliphatic heterocycles. The zero-order valence-electron chi connectivity index (χ0n) is 14.6. The Balaban J connectivity index is 0.00000484. The van der Waals surface area contributed by atoms with Crippen molar-refractivity contribution in [1.29, 1.82) is 0 Å². The molecule has 0 radical (unpaired) electrons. The van der Waals surface area contributed by atoms with Gasteiger partial charge in [0.25, 0.3) is 0 Å². The second-order valence-electron chi connectivity index (χ2n) is 4.90. The zero-order chi connectivity index (χ0) is 16.2. The molecule has 1 aromatic rings. The summed E-state index contributed by atoms with van der Waals surface area (Å²) in [6.45, 7) is 8.51. The van der Waals surface area contributed by atoms with Crippen LogP contribution in [0, 0.1) is 0 Å². The fourth-order valence-corrected chi connectivity index (χ4v) is 2.09. The van der Waals surface area contributed by atoms with Crippen molar-refractivity contribution in [3.8, 4) is 0 Å². The van der Waals surface area contributed by atoms with Gasteiger partial charge in [0.1, 0.15) is 5.82 Å². The second kappa shape index (κ2) is 13.4. The van der Waals surface area contributed by atoms with Gasteiger partial charge in [0.2, 0.25) is 0 Å².